The van der Waals surface area contributed by atoms with E-state index in [9.17, 15) is 4.79 Å². The minimum atomic E-state index is -0.418. The highest BCUT2D eigenvalue weighted by molar-refractivity contribution is 5.84. The van der Waals surface area contributed by atoms with Crippen LogP contribution >= 0.6 is 0 Å². The lowest BCUT2D eigenvalue weighted by Crippen LogP contribution is -2.44. The molecule has 176 valence electrons. The minimum absolute atomic E-state index is 0.0390. The second-order valence-corrected chi connectivity index (χ2v) is 10.7. The van der Waals surface area contributed by atoms with E-state index in [0.29, 0.717) is 12.0 Å². The maximum Gasteiger partial charge on any atom is 0.225 e. The molecule has 0 spiro atoms. The standard InChI is InChI=1S/C28H38N4O/c1-20(2)32-19-22(23-10-6-7-12-25(23)32)18-31-16-13-21(14-17-31)26(24-11-8-9-15-29-24)30-27(33)28(3,4)5/h6-12,15,19-21,26H,13-14,16-18H2,1-5H3,(H,30,33). The Morgan fingerprint density at radius 2 is 1.79 bits per heavy atom. The van der Waals surface area contributed by atoms with Crippen molar-refractivity contribution < 1.29 is 4.79 Å². The van der Waals surface area contributed by atoms with Crippen molar-refractivity contribution in [2.75, 3.05) is 13.1 Å². The zero-order chi connectivity index (χ0) is 23.6. The van der Waals surface area contributed by atoms with Gasteiger partial charge in [0.15, 0.2) is 0 Å². The van der Waals surface area contributed by atoms with E-state index in [1.54, 1.807) is 0 Å². The van der Waals surface area contributed by atoms with Crippen LogP contribution in [-0.4, -0.2) is 33.4 Å². The third kappa shape index (κ3) is 5.30. The molecule has 2 aromatic heterocycles. The van der Waals surface area contributed by atoms with Gasteiger partial charge >= 0.3 is 0 Å². The Bertz CT molecular complexity index is 1070. The quantitative estimate of drug-likeness (QED) is 0.526. The lowest BCUT2D eigenvalue weighted by Gasteiger charge is -2.37. The van der Waals surface area contributed by atoms with Gasteiger partial charge in [0.05, 0.1) is 11.7 Å². The van der Waals surface area contributed by atoms with Crippen LogP contribution in [0.2, 0.25) is 0 Å². The number of nitrogens with one attached hydrogen (secondary N) is 1. The van der Waals surface area contributed by atoms with Crippen molar-refractivity contribution in [1.29, 1.82) is 0 Å². The number of likely N-dealkylation sites (tertiary alicyclic amines) is 1. The van der Waals surface area contributed by atoms with Gasteiger partial charge in [0.2, 0.25) is 5.91 Å². The van der Waals surface area contributed by atoms with Gasteiger partial charge in [-0.2, -0.15) is 0 Å². The average molecular weight is 447 g/mol. The van der Waals surface area contributed by atoms with Crippen molar-refractivity contribution in [2.45, 2.75) is 66.1 Å². The van der Waals surface area contributed by atoms with Crippen LogP contribution in [0.3, 0.4) is 0 Å². The van der Waals surface area contributed by atoms with Crippen molar-refractivity contribution in [3.05, 3.63) is 66.1 Å². The largest absolute Gasteiger partial charge is 0.347 e. The number of para-hydroxylation sites is 1. The van der Waals surface area contributed by atoms with Gasteiger partial charge in [-0.05, 0) is 69.5 Å². The average Bonchev–Trinajstić information content (AvgIpc) is 3.17. The maximum atomic E-state index is 12.8. The number of carbonyl (C=O) groups is 1. The summed E-state index contributed by atoms with van der Waals surface area (Å²) in [5.41, 5.74) is 3.27. The summed E-state index contributed by atoms with van der Waals surface area (Å²) in [6.45, 7) is 13.4. The second-order valence-electron chi connectivity index (χ2n) is 10.7. The number of hydrogen-bond acceptors (Lipinski definition) is 3. The SMILES string of the molecule is CC(C)n1cc(CN2CCC(C(NC(=O)C(C)(C)C)c3ccccn3)CC2)c2ccccc21. The Morgan fingerprint density at radius 1 is 1.09 bits per heavy atom. The molecule has 1 aliphatic heterocycles. The van der Waals surface area contributed by atoms with Gasteiger partial charge in [0.1, 0.15) is 0 Å². The predicted molar refractivity (Wildman–Crippen MR) is 135 cm³/mol. The Labute approximate surface area is 198 Å². The highest BCUT2D eigenvalue weighted by Crippen LogP contribution is 2.33. The zero-order valence-corrected chi connectivity index (χ0v) is 20.7. The van der Waals surface area contributed by atoms with E-state index in [2.05, 4.69) is 64.1 Å². The highest BCUT2D eigenvalue weighted by Gasteiger charge is 2.32. The van der Waals surface area contributed by atoms with Crippen molar-refractivity contribution in [2.24, 2.45) is 11.3 Å². The number of piperidine rings is 1. The van der Waals surface area contributed by atoms with E-state index in [1.165, 1.54) is 16.5 Å². The van der Waals surface area contributed by atoms with Crippen LogP contribution in [0.5, 0.6) is 0 Å². The molecular weight excluding hydrogens is 408 g/mol. The number of nitrogens with zero attached hydrogens (tertiary/aromatic N) is 3. The number of fused-ring (bicyclic) bond motifs is 1. The smallest absolute Gasteiger partial charge is 0.225 e. The summed E-state index contributed by atoms with van der Waals surface area (Å²) >= 11 is 0. The molecule has 5 heteroatoms. The molecule has 0 bridgehead atoms. The van der Waals surface area contributed by atoms with Crippen LogP contribution < -0.4 is 5.32 Å². The molecule has 1 unspecified atom stereocenters. The highest BCUT2D eigenvalue weighted by atomic mass is 16.2. The first kappa shape index (κ1) is 23.5. The van der Waals surface area contributed by atoms with Gasteiger partial charge in [-0.25, -0.2) is 0 Å². The van der Waals surface area contributed by atoms with Crippen LogP contribution in [0.25, 0.3) is 10.9 Å². The summed E-state index contributed by atoms with van der Waals surface area (Å²) in [5.74, 6) is 0.474. The number of amides is 1. The fourth-order valence-electron chi connectivity index (χ4n) is 4.87. The molecule has 1 fully saturated rings. The first-order valence-corrected chi connectivity index (χ1v) is 12.3. The van der Waals surface area contributed by atoms with E-state index in [1.807, 2.05) is 45.2 Å². The molecule has 1 aliphatic rings. The van der Waals surface area contributed by atoms with Crippen LogP contribution in [0.4, 0.5) is 0 Å². The summed E-state index contributed by atoms with van der Waals surface area (Å²) < 4.78 is 2.39. The van der Waals surface area contributed by atoms with Gasteiger partial charge in [-0.3, -0.25) is 14.7 Å². The summed E-state index contributed by atoms with van der Waals surface area (Å²) in [7, 11) is 0. The molecule has 5 nitrogen and oxygen atoms in total. The van der Waals surface area contributed by atoms with E-state index < -0.39 is 5.41 Å². The normalized spacial score (nSPS) is 16.9. The molecule has 33 heavy (non-hydrogen) atoms. The van der Waals surface area contributed by atoms with E-state index in [4.69, 9.17) is 0 Å². The Hall–Kier alpha value is -2.66. The second kappa shape index (κ2) is 9.68. The first-order valence-electron chi connectivity index (χ1n) is 12.3. The molecule has 1 N–H and O–H groups in total. The number of aromatic nitrogens is 2. The van der Waals surface area contributed by atoms with Crippen molar-refractivity contribution in [1.82, 2.24) is 19.8 Å². The third-order valence-corrected chi connectivity index (χ3v) is 6.85. The van der Waals surface area contributed by atoms with Crippen LogP contribution in [0.1, 0.15) is 70.8 Å². The molecular formula is C28H38N4O. The molecule has 0 aliphatic carbocycles. The molecule has 3 heterocycles. The van der Waals surface area contributed by atoms with Crippen LogP contribution in [0.15, 0.2) is 54.9 Å². The van der Waals surface area contributed by atoms with Crippen molar-refractivity contribution >= 4 is 16.8 Å². The number of carbonyl (C=O) groups excluding carboxylic acids is 1. The topological polar surface area (TPSA) is 50.2 Å². The lowest BCUT2D eigenvalue weighted by atomic mass is 9.85. The molecule has 3 aromatic rings. The minimum Gasteiger partial charge on any atom is -0.347 e. The molecule has 1 saturated heterocycles. The van der Waals surface area contributed by atoms with E-state index in [-0.39, 0.29) is 11.9 Å². The first-order chi connectivity index (χ1) is 15.7. The van der Waals surface area contributed by atoms with E-state index in [0.717, 1.165) is 38.2 Å². The number of hydrogen-bond donors (Lipinski definition) is 1. The van der Waals surface area contributed by atoms with Crippen molar-refractivity contribution in [3.63, 3.8) is 0 Å². The van der Waals surface area contributed by atoms with Gasteiger partial charge in [-0.1, -0.05) is 45.0 Å². The third-order valence-electron chi connectivity index (χ3n) is 6.85. The Balaban J connectivity index is 1.47. The molecule has 1 atom stereocenters. The summed E-state index contributed by atoms with van der Waals surface area (Å²) in [6.07, 6.45) is 6.26. The molecule has 1 aromatic carbocycles. The monoisotopic (exact) mass is 446 g/mol. The van der Waals surface area contributed by atoms with Gasteiger partial charge in [0, 0.05) is 41.3 Å². The number of pyridine rings is 1. The van der Waals surface area contributed by atoms with Gasteiger partial charge in [0.25, 0.3) is 0 Å². The molecule has 1 amide bonds. The fourth-order valence-corrected chi connectivity index (χ4v) is 4.87. The van der Waals surface area contributed by atoms with Crippen molar-refractivity contribution in [3.8, 4) is 0 Å². The molecule has 4 rings (SSSR count). The van der Waals surface area contributed by atoms with Gasteiger partial charge in [-0.15, -0.1) is 0 Å². The van der Waals surface area contributed by atoms with Crippen LogP contribution in [-0.2, 0) is 11.3 Å². The Kier molecular flexibility index (Phi) is 6.89. The Morgan fingerprint density at radius 3 is 2.42 bits per heavy atom. The summed E-state index contributed by atoms with van der Waals surface area (Å²) in [4.78, 5) is 20.0. The number of rotatable bonds is 6. The molecule has 0 saturated carbocycles. The zero-order valence-electron chi connectivity index (χ0n) is 20.7. The fraction of sp³-hybridized carbons (Fsp3) is 0.500. The summed E-state index contributed by atoms with van der Waals surface area (Å²) in [6, 6.07) is 15.1. The van der Waals surface area contributed by atoms with Gasteiger partial charge < -0.3 is 9.88 Å². The van der Waals surface area contributed by atoms with E-state index >= 15 is 0 Å². The maximum absolute atomic E-state index is 12.8. The molecule has 0 radical (unpaired) electrons. The summed E-state index contributed by atoms with van der Waals surface area (Å²) in [5, 5.41) is 4.68. The van der Waals surface area contributed by atoms with Crippen LogP contribution in [0, 0.1) is 11.3 Å². The number of benzene rings is 1. The predicted octanol–water partition coefficient (Wildman–Crippen LogP) is 5.73. The lowest BCUT2D eigenvalue weighted by molar-refractivity contribution is -0.129.